The van der Waals surface area contributed by atoms with Crippen molar-refractivity contribution in [3.05, 3.63) is 35.9 Å². The van der Waals surface area contributed by atoms with Crippen molar-refractivity contribution in [2.24, 2.45) is 5.92 Å². The second-order valence-electron chi connectivity index (χ2n) is 4.38. The van der Waals surface area contributed by atoms with E-state index >= 15 is 0 Å². The zero-order valence-corrected chi connectivity index (χ0v) is 9.81. The van der Waals surface area contributed by atoms with Gasteiger partial charge in [0.2, 0.25) is 0 Å². The van der Waals surface area contributed by atoms with E-state index in [4.69, 9.17) is 5.11 Å². The van der Waals surface area contributed by atoms with Crippen LogP contribution in [0, 0.1) is 5.92 Å². The van der Waals surface area contributed by atoms with Crippen molar-refractivity contribution in [2.75, 3.05) is 6.54 Å². The number of nitrogens with one attached hydrogen (secondary N) is 1. The van der Waals surface area contributed by atoms with Gasteiger partial charge >= 0.3 is 5.97 Å². The van der Waals surface area contributed by atoms with Gasteiger partial charge in [-0.05, 0) is 24.4 Å². The Morgan fingerprint density at radius 3 is 2.44 bits per heavy atom. The summed E-state index contributed by atoms with van der Waals surface area (Å²) in [5.74, 6) is -0.331. The zero-order valence-electron chi connectivity index (χ0n) is 9.81. The molecule has 0 amide bonds. The summed E-state index contributed by atoms with van der Waals surface area (Å²) >= 11 is 0. The first kappa shape index (κ1) is 12.7. The molecule has 0 fully saturated rings. The minimum absolute atomic E-state index is 0.456. The molecule has 16 heavy (non-hydrogen) atoms. The average Bonchev–Trinajstić information content (AvgIpc) is 2.25. The molecule has 2 N–H and O–H groups in total. The molecule has 1 aromatic rings. The molecule has 0 saturated carbocycles. The van der Waals surface area contributed by atoms with Gasteiger partial charge in [-0.1, -0.05) is 44.2 Å². The number of carbonyl (C=O) groups is 1. The van der Waals surface area contributed by atoms with Crippen molar-refractivity contribution in [1.82, 2.24) is 5.32 Å². The first-order valence-corrected chi connectivity index (χ1v) is 5.59. The van der Waals surface area contributed by atoms with Crippen LogP contribution in [0.1, 0.15) is 19.4 Å². The van der Waals surface area contributed by atoms with Gasteiger partial charge in [-0.3, -0.25) is 4.79 Å². The highest BCUT2D eigenvalue weighted by Crippen LogP contribution is 2.04. The zero-order chi connectivity index (χ0) is 12.0. The van der Waals surface area contributed by atoms with Crippen LogP contribution in [0.5, 0.6) is 0 Å². The molecule has 1 atom stereocenters. The van der Waals surface area contributed by atoms with E-state index in [-0.39, 0.29) is 0 Å². The lowest BCUT2D eigenvalue weighted by Crippen LogP contribution is -2.40. The smallest absolute Gasteiger partial charge is 0.321 e. The Balaban J connectivity index is 2.55. The summed E-state index contributed by atoms with van der Waals surface area (Å²) in [4.78, 5) is 11.1. The molecule has 0 aliphatic heterocycles. The van der Waals surface area contributed by atoms with Crippen LogP contribution in [0.2, 0.25) is 0 Å². The molecule has 0 radical (unpaired) electrons. The molecule has 0 aromatic heterocycles. The van der Waals surface area contributed by atoms with Crippen LogP contribution >= 0.6 is 0 Å². The van der Waals surface area contributed by atoms with Crippen molar-refractivity contribution in [3.63, 3.8) is 0 Å². The van der Waals surface area contributed by atoms with Gasteiger partial charge in [-0.15, -0.1) is 0 Å². The molecule has 0 bridgehead atoms. The molecule has 0 aliphatic rings. The Hall–Kier alpha value is -1.35. The van der Waals surface area contributed by atoms with E-state index in [2.05, 4.69) is 19.2 Å². The van der Waals surface area contributed by atoms with Crippen molar-refractivity contribution in [2.45, 2.75) is 26.3 Å². The lowest BCUT2D eigenvalue weighted by atomic mass is 10.1. The third-order valence-electron chi connectivity index (χ3n) is 2.35. The predicted octanol–water partition coefficient (Wildman–Crippen LogP) is 1.93. The fourth-order valence-corrected chi connectivity index (χ4v) is 1.47. The number of aliphatic carboxylic acids is 1. The number of carboxylic acids is 1. The summed E-state index contributed by atoms with van der Waals surface area (Å²) < 4.78 is 0. The first-order chi connectivity index (χ1) is 7.59. The number of benzene rings is 1. The summed E-state index contributed by atoms with van der Waals surface area (Å²) in [7, 11) is 0. The molecule has 1 rings (SSSR count). The van der Waals surface area contributed by atoms with E-state index in [9.17, 15) is 4.79 Å². The second-order valence-corrected chi connectivity index (χ2v) is 4.38. The third-order valence-corrected chi connectivity index (χ3v) is 2.35. The number of rotatable bonds is 6. The highest BCUT2D eigenvalue weighted by Gasteiger charge is 2.17. The van der Waals surface area contributed by atoms with Gasteiger partial charge in [-0.25, -0.2) is 0 Å². The molecule has 1 aromatic carbocycles. The molecular formula is C13H19NO2. The SMILES string of the molecule is CC(C)CNC(Cc1ccccc1)C(=O)O. The predicted molar refractivity (Wildman–Crippen MR) is 64.4 cm³/mol. The minimum Gasteiger partial charge on any atom is -0.480 e. The number of carboxylic acid groups (broad SMARTS) is 1. The molecule has 3 heteroatoms. The molecule has 0 heterocycles. The fourth-order valence-electron chi connectivity index (χ4n) is 1.47. The number of hydrogen-bond acceptors (Lipinski definition) is 2. The van der Waals surface area contributed by atoms with Gasteiger partial charge in [-0.2, -0.15) is 0 Å². The molecule has 0 aliphatic carbocycles. The van der Waals surface area contributed by atoms with Gasteiger partial charge in [0.1, 0.15) is 6.04 Å². The summed E-state index contributed by atoms with van der Waals surface area (Å²) in [6.45, 7) is 4.85. The van der Waals surface area contributed by atoms with Crippen molar-refractivity contribution < 1.29 is 9.90 Å². The van der Waals surface area contributed by atoms with Gasteiger partial charge in [0.15, 0.2) is 0 Å². The van der Waals surface area contributed by atoms with E-state index < -0.39 is 12.0 Å². The minimum atomic E-state index is -0.787. The van der Waals surface area contributed by atoms with E-state index in [0.29, 0.717) is 12.3 Å². The lowest BCUT2D eigenvalue weighted by Gasteiger charge is -2.15. The van der Waals surface area contributed by atoms with Gasteiger partial charge in [0.05, 0.1) is 0 Å². The van der Waals surface area contributed by atoms with E-state index in [0.717, 1.165) is 12.1 Å². The molecule has 0 saturated heterocycles. The maximum Gasteiger partial charge on any atom is 0.321 e. The molecule has 3 nitrogen and oxygen atoms in total. The highest BCUT2D eigenvalue weighted by atomic mass is 16.4. The molecule has 88 valence electrons. The maximum absolute atomic E-state index is 11.1. The normalized spacial score (nSPS) is 12.7. The average molecular weight is 221 g/mol. The summed E-state index contributed by atoms with van der Waals surface area (Å²) in [5, 5.41) is 12.2. The van der Waals surface area contributed by atoms with E-state index in [1.54, 1.807) is 0 Å². The fraction of sp³-hybridized carbons (Fsp3) is 0.462. The standard InChI is InChI=1S/C13H19NO2/c1-10(2)9-14-12(13(15)16)8-11-6-4-3-5-7-11/h3-7,10,12,14H,8-9H2,1-2H3,(H,15,16). The maximum atomic E-state index is 11.1. The van der Waals surface area contributed by atoms with E-state index in [1.807, 2.05) is 30.3 Å². The number of hydrogen-bond donors (Lipinski definition) is 2. The lowest BCUT2D eigenvalue weighted by molar-refractivity contribution is -0.139. The Labute approximate surface area is 96.5 Å². The van der Waals surface area contributed by atoms with Crippen LogP contribution in [0.3, 0.4) is 0 Å². The Kier molecular flexibility index (Phi) is 4.99. The van der Waals surface area contributed by atoms with Crippen LogP contribution in [0.15, 0.2) is 30.3 Å². The van der Waals surface area contributed by atoms with Crippen molar-refractivity contribution in [3.8, 4) is 0 Å². The topological polar surface area (TPSA) is 49.3 Å². The van der Waals surface area contributed by atoms with Crippen LogP contribution < -0.4 is 5.32 Å². The van der Waals surface area contributed by atoms with E-state index in [1.165, 1.54) is 0 Å². The van der Waals surface area contributed by atoms with Gasteiger partial charge in [0.25, 0.3) is 0 Å². The Morgan fingerprint density at radius 2 is 1.94 bits per heavy atom. The molecule has 1 unspecified atom stereocenters. The van der Waals surface area contributed by atoms with Crippen LogP contribution in [-0.4, -0.2) is 23.7 Å². The molecular weight excluding hydrogens is 202 g/mol. The highest BCUT2D eigenvalue weighted by molar-refractivity contribution is 5.73. The summed E-state index contributed by atoms with van der Waals surface area (Å²) in [6, 6.07) is 9.19. The van der Waals surface area contributed by atoms with Gasteiger partial charge in [0, 0.05) is 0 Å². The Morgan fingerprint density at radius 1 is 1.31 bits per heavy atom. The summed E-state index contributed by atoms with van der Waals surface area (Å²) in [5.41, 5.74) is 1.05. The third kappa shape index (κ3) is 4.45. The summed E-state index contributed by atoms with van der Waals surface area (Å²) in [6.07, 6.45) is 0.531. The van der Waals surface area contributed by atoms with Crippen LogP contribution in [0.25, 0.3) is 0 Å². The largest absolute Gasteiger partial charge is 0.480 e. The second kappa shape index (κ2) is 6.28. The van der Waals surface area contributed by atoms with Crippen molar-refractivity contribution in [1.29, 1.82) is 0 Å². The monoisotopic (exact) mass is 221 g/mol. The van der Waals surface area contributed by atoms with Crippen molar-refractivity contribution >= 4 is 5.97 Å². The van der Waals surface area contributed by atoms with Crippen LogP contribution in [0.4, 0.5) is 0 Å². The van der Waals surface area contributed by atoms with Gasteiger partial charge < -0.3 is 10.4 Å². The Bertz CT molecular complexity index is 322. The molecule has 0 spiro atoms. The first-order valence-electron chi connectivity index (χ1n) is 5.59. The quantitative estimate of drug-likeness (QED) is 0.771. The van der Waals surface area contributed by atoms with Crippen LogP contribution in [-0.2, 0) is 11.2 Å².